The summed E-state index contributed by atoms with van der Waals surface area (Å²) in [5, 5.41) is 4.15. The molecule has 0 aliphatic rings. The Bertz CT molecular complexity index is 2910. The standard InChI is InChI=1S/C45H26BrN3O2/c46-33-23-20-30(21-24-33)28-14-12-27(13-15-28)29-16-18-31(19-17-29)43-47-44(32-22-25-41-38(26-32)35-7-2-3-10-39(35)50-41)49-45(48-43)37-9-5-8-36-34-6-1-4-11-40(34)51-42(36)37/h1-26H. The molecule has 0 unspecified atom stereocenters. The summed E-state index contributed by atoms with van der Waals surface area (Å²) < 4.78 is 13.6. The molecule has 0 atom stereocenters. The van der Waals surface area contributed by atoms with Gasteiger partial charge in [-0.15, -0.1) is 0 Å². The fourth-order valence-corrected chi connectivity index (χ4v) is 7.12. The molecule has 10 rings (SSSR count). The molecule has 6 heteroatoms. The van der Waals surface area contributed by atoms with Gasteiger partial charge in [-0.1, -0.05) is 125 Å². The van der Waals surface area contributed by atoms with Crippen LogP contribution in [0.1, 0.15) is 0 Å². The molecule has 0 saturated carbocycles. The maximum atomic E-state index is 6.42. The molecule has 0 N–H and O–H groups in total. The Hall–Kier alpha value is -6.37. The van der Waals surface area contributed by atoms with E-state index in [0.717, 1.165) is 76.2 Å². The summed E-state index contributed by atoms with van der Waals surface area (Å²) in [7, 11) is 0. The van der Waals surface area contributed by atoms with E-state index < -0.39 is 0 Å². The van der Waals surface area contributed by atoms with Gasteiger partial charge in [0.15, 0.2) is 17.5 Å². The predicted octanol–water partition coefficient (Wildman–Crippen LogP) is 12.8. The first-order valence-electron chi connectivity index (χ1n) is 16.7. The number of benzene rings is 7. The van der Waals surface area contributed by atoms with Gasteiger partial charge < -0.3 is 8.83 Å². The van der Waals surface area contributed by atoms with Gasteiger partial charge in [0, 0.05) is 37.1 Å². The van der Waals surface area contributed by atoms with Crippen molar-refractivity contribution in [2.24, 2.45) is 0 Å². The van der Waals surface area contributed by atoms with E-state index >= 15 is 0 Å². The van der Waals surface area contributed by atoms with Crippen LogP contribution < -0.4 is 0 Å². The minimum absolute atomic E-state index is 0.546. The SMILES string of the molecule is Brc1ccc(-c2ccc(-c3ccc(-c4nc(-c5ccc6oc7ccccc7c6c5)nc(-c5cccc6c5oc5ccccc56)n4)cc3)cc2)cc1. The van der Waals surface area contributed by atoms with E-state index in [0.29, 0.717) is 17.5 Å². The van der Waals surface area contributed by atoms with Gasteiger partial charge in [0.1, 0.15) is 22.3 Å². The summed E-state index contributed by atoms with van der Waals surface area (Å²) in [6.45, 7) is 0. The number of fused-ring (bicyclic) bond motifs is 6. The quantitative estimate of drug-likeness (QED) is 0.177. The van der Waals surface area contributed by atoms with Crippen molar-refractivity contribution in [1.29, 1.82) is 0 Å². The van der Waals surface area contributed by atoms with E-state index in [4.69, 9.17) is 23.8 Å². The molecule has 0 amide bonds. The molecule has 0 saturated heterocycles. The first-order chi connectivity index (χ1) is 25.1. The molecule has 240 valence electrons. The third-order valence-electron chi connectivity index (χ3n) is 9.45. The first-order valence-corrected chi connectivity index (χ1v) is 17.5. The topological polar surface area (TPSA) is 65.0 Å². The van der Waals surface area contributed by atoms with Crippen LogP contribution in [0.4, 0.5) is 0 Å². The molecule has 5 nitrogen and oxygen atoms in total. The monoisotopic (exact) mass is 719 g/mol. The molecule has 51 heavy (non-hydrogen) atoms. The number of para-hydroxylation sites is 3. The van der Waals surface area contributed by atoms with Crippen LogP contribution in [0.15, 0.2) is 171 Å². The van der Waals surface area contributed by atoms with Crippen LogP contribution in [0, 0.1) is 0 Å². The highest BCUT2D eigenvalue weighted by atomic mass is 79.9. The van der Waals surface area contributed by atoms with Gasteiger partial charge in [-0.25, -0.2) is 15.0 Å². The second-order valence-electron chi connectivity index (χ2n) is 12.6. The van der Waals surface area contributed by atoms with E-state index in [1.165, 1.54) is 11.1 Å². The van der Waals surface area contributed by atoms with Gasteiger partial charge in [0.2, 0.25) is 0 Å². The van der Waals surface area contributed by atoms with Crippen molar-refractivity contribution < 1.29 is 8.83 Å². The lowest BCUT2D eigenvalue weighted by atomic mass is 9.99. The van der Waals surface area contributed by atoms with Crippen LogP contribution in [0.2, 0.25) is 0 Å². The van der Waals surface area contributed by atoms with Crippen LogP contribution >= 0.6 is 15.9 Å². The Morgan fingerprint density at radius 1 is 0.353 bits per heavy atom. The summed E-state index contributed by atoms with van der Waals surface area (Å²) in [6.07, 6.45) is 0. The highest BCUT2D eigenvalue weighted by Gasteiger charge is 2.18. The molecule has 0 aliphatic carbocycles. The fourth-order valence-electron chi connectivity index (χ4n) is 6.85. The van der Waals surface area contributed by atoms with Crippen LogP contribution in [0.25, 0.3) is 100 Å². The summed E-state index contributed by atoms with van der Waals surface area (Å²) in [5.74, 6) is 1.70. The smallest absolute Gasteiger partial charge is 0.167 e. The highest BCUT2D eigenvalue weighted by molar-refractivity contribution is 9.10. The molecular formula is C45H26BrN3O2. The van der Waals surface area contributed by atoms with E-state index in [9.17, 15) is 0 Å². The zero-order valence-corrected chi connectivity index (χ0v) is 28.6. The highest BCUT2D eigenvalue weighted by Crippen LogP contribution is 2.37. The van der Waals surface area contributed by atoms with Gasteiger partial charge in [0.25, 0.3) is 0 Å². The number of hydrogen-bond donors (Lipinski definition) is 0. The van der Waals surface area contributed by atoms with Crippen molar-refractivity contribution in [3.05, 3.63) is 162 Å². The fraction of sp³-hybridized carbons (Fsp3) is 0. The van der Waals surface area contributed by atoms with Crippen molar-refractivity contribution in [3.8, 4) is 56.4 Å². The predicted molar refractivity (Wildman–Crippen MR) is 209 cm³/mol. The van der Waals surface area contributed by atoms with Crippen molar-refractivity contribution in [1.82, 2.24) is 15.0 Å². The Balaban J connectivity index is 1.09. The zero-order valence-electron chi connectivity index (χ0n) is 27.0. The Morgan fingerprint density at radius 3 is 1.49 bits per heavy atom. The molecule has 3 heterocycles. The third-order valence-corrected chi connectivity index (χ3v) is 9.98. The Labute approximate surface area is 301 Å². The number of furan rings is 2. The second-order valence-corrected chi connectivity index (χ2v) is 13.5. The number of rotatable bonds is 5. The molecule has 10 aromatic rings. The first kappa shape index (κ1) is 29.5. The average Bonchev–Trinajstić information content (AvgIpc) is 3.76. The van der Waals surface area contributed by atoms with E-state index in [2.05, 4.69) is 113 Å². The van der Waals surface area contributed by atoms with Gasteiger partial charge in [-0.3, -0.25) is 0 Å². The molecular weight excluding hydrogens is 694 g/mol. The van der Waals surface area contributed by atoms with Crippen molar-refractivity contribution >= 4 is 59.8 Å². The van der Waals surface area contributed by atoms with Crippen LogP contribution in [0.5, 0.6) is 0 Å². The van der Waals surface area contributed by atoms with E-state index in [1.807, 2.05) is 60.7 Å². The maximum Gasteiger partial charge on any atom is 0.167 e. The number of hydrogen-bond acceptors (Lipinski definition) is 5. The normalized spacial score (nSPS) is 11.6. The third kappa shape index (κ3) is 5.20. The minimum atomic E-state index is 0.546. The summed E-state index contributed by atoms with van der Waals surface area (Å²) in [6, 6.07) is 53.8. The van der Waals surface area contributed by atoms with Crippen LogP contribution in [-0.2, 0) is 0 Å². The van der Waals surface area contributed by atoms with Crippen LogP contribution in [-0.4, -0.2) is 15.0 Å². The van der Waals surface area contributed by atoms with Crippen LogP contribution in [0.3, 0.4) is 0 Å². The lowest BCUT2D eigenvalue weighted by Gasteiger charge is -2.10. The number of aromatic nitrogens is 3. The van der Waals surface area contributed by atoms with Crippen molar-refractivity contribution in [2.75, 3.05) is 0 Å². The molecule has 0 bridgehead atoms. The molecule has 0 spiro atoms. The van der Waals surface area contributed by atoms with Gasteiger partial charge in [-0.05, 0) is 70.8 Å². The summed E-state index contributed by atoms with van der Waals surface area (Å²) in [4.78, 5) is 15.2. The van der Waals surface area contributed by atoms with Gasteiger partial charge in [-0.2, -0.15) is 0 Å². The Kier molecular flexibility index (Phi) is 6.89. The molecule has 3 aromatic heterocycles. The molecule has 7 aromatic carbocycles. The summed E-state index contributed by atoms with van der Waals surface area (Å²) >= 11 is 3.53. The Morgan fingerprint density at radius 2 is 0.824 bits per heavy atom. The van der Waals surface area contributed by atoms with Gasteiger partial charge >= 0.3 is 0 Å². The minimum Gasteiger partial charge on any atom is -0.456 e. The molecule has 0 radical (unpaired) electrons. The average molecular weight is 721 g/mol. The number of halogens is 1. The van der Waals surface area contributed by atoms with Crippen molar-refractivity contribution in [2.45, 2.75) is 0 Å². The lowest BCUT2D eigenvalue weighted by Crippen LogP contribution is -2.00. The molecule has 0 aliphatic heterocycles. The largest absolute Gasteiger partial charge is 0.456 e. The zero-order chi connectivity index (χ0) is 33.9. The maximum absolute atomic E-state index is 6.42. The van der Waals surface area contributed by atoms with E-state index in [-0.39, 0.29) is 0 Å². The summed E-state index contributed by atoms with van der Waals surface area (Å²) in [5.41, 5.74) is 10.4. The molecule has 0 fully saturated rings. The van der Waals surface area contributed by atoms with Crippen molar-refractivity contribution in [3.63, 3.8) is 0 Å². The van der Waals surface area contributed by atoms with E-state index in [1.54, 1.807) is 0 Å². The lowest BCUT2D eigenvalue weighted by molar-refractivity contribution is 0.669. The van der Waals surface area contributed by atoms with Gasteiger partial charge in [0.05, 0.1) is 5.56 Å². The second kappa shape index (κ2) is 11.9. The number of nitrogens with zero attached hydrogens (tertiary/aromatic N) is 3.